The monoisotopic (exact) mass is 344 g/mol. The zero-order valence-electron chi connectivity index (χ0n) is 16.1. The number of hydrogen-bond donors (Lipinski definition) is 2. The first-order chi connectivity index (χ1) is 11.9. The standard InChI is InChI=1S/C23H36O2/c1-4-5-21(25)20-9-8-18-17-7-6-15-14-16(24)10-12-22(15,2)19(17)11-13-23(18,20)3/h5,15-21,24-25H,1,6-14H2,2-3H3/t15-,16-,17+,18-,19-,20+,21?,22-,23-/m1/s1. The zero-order chi connectivity index (χ0) is 17.8. The van der Waals surface area contributed by atoms with E-state index in [0.717, 1.165) is 42.9 Å². The molecule has 0 saturated heterocycles. The Morgan fingerprint density at radius 3 is 2.48 bits per heavy atom. The lowest BCUT2D eigenvalue weighted by atomic mass is 9.44. The average Bonchev–Trinajstić information content (AvgIpc) is 2.93. The van der Waals surface area contributed by atoms with Crippen molar-refractivity contribution in [2.75, 3.05) is 0 Å². The summed E-state index contributed by atoms with van der Waals surface area (Å²) in [5.74, 6) is 3.55. The van der Waals surface area contributed by atoms with Crippen molar-refractivity contribution in [3.05, 3.63) is 18.4 Å². The van der Waals surface area contributed by atoms with Crippen LogP contribution in [-0.4, -0.2) is 22.4 Å². The Labute approximate surface area is 153 Å². The number of hydrogen-bond acceptors (Lipinski definition) is 2. The van der Waals surface area contributed by atoms with Crippen LogP contribution >= 0.6 is 0 Å². The van der Waals surface area contributed by atoms with E-state index < -0.39 is 0 Å². The lowest BCUT2D eigenvalue weighted by Gasteiger charge is -2.61. The molecule has 140 valence electrons. The van der Waals surface area contributed by atoms with Crippen LogP contribution in [0.3, 0.4) is 0 Å². The van der Waals surface area contributed by atoms with Crippen molar-refractivity contribution in [3.63, 3.8) is 0 Å². The molecule has 25 heavy (non-hydrogen) atoms. The molecular weight excluding hydrogens is 308 g/mol. The first-order valence-electron chi connectivity index (χ1n) is 10.6. The topological polar surface area (TPSA) is 40.5 Å². The van der Waals surface area contributed by atoms with E-state index in [1.807, 2.05) is 0 Å². The van der Waals surface area contributed by atoms with Gasteiger partial charge in [0.25, 0.3) is 0 Å². The normalized spacial score (nSPS) is 53.1. The first kappa shape index (κ1) is 17.8. The molecule has 0 heterocycles. The van der Waals surface area contributed by atoms with Gasteiger partial charge in [-0.2, -0.15) is 0 Å². The van der Waals surface area contributed by atoms with Crippen molar-refractivity contribution < 1.29 is 10.2 Å². The van der Waals surface area contributed by atoms with Crippen molar-refractivity contribution >= 4 is 0 Å². The molecule has 0 aliphatic heterocycles. The maximum atomic E-state index is 10.6. The highest BCUT2D eigenvalue weighted by Crippen LogP contribution is 2.67. The Morgan fingerprint density at radius 1 is 1.00 bits per heavy atom. The Kier molecular flexibility index (Phi) is 4.46. The van der Waals surface area contributed by atoms with Gasteiger partial charge in [-0.05, 0) is 104 Å². The second-order valence-corrected chi connectivity index (χ2v) is 10.2. The molecular formula is C23H36O2. The number of fused-ring (bicyclic) bond motifs is 5. The minimum absolute atomic E-state index is 0.0554. The summed E-state index contributed by atoms with van der Waals surface area (Å²) in [4.78, 5) is 0. The summed E-state index contributed by atoms with van der Waals surface area (Å²) in [5.41, 5.74) is 3.54. The molecule has 4 saturated carbocycles. The van der Waals surface area contributed by atoms with Crippen LogP contribution in [0.15, 0.2) is 18.4 Å². The lowest BCUT2D eigenvalue weighted by molar-refractivity contribution is -0.131. The smallest absolute Gasteiger partial charge is 0.0827 e. The zero-order valence-corrected chi connectivity index (χ0v) is 16.1. The molecule has 0 aromatic carbocycles. The maximum absolute atomic E-state index is 10.6. The van der Waals surface area contributed by atoms with Gasteiger partial charge in [0.15, 0.2) is 0 Å². The maximum Gasteiger partial charge on any atom is 0.0827 e. The van der Waals surface area contributed by atoms with E-state index in [2.05, 4.69) is 26.2 Å². The summed E-state index contributed by atoms with van der Waals surface area (Å²) in [5, 5.41) is 20.8. The third kappa shape index (κ3) is 2.59. The molecule has 0 radical (unpaired) electrons. The Morgan fingerprint density at radius 2 is 1.72 bits per heavy atom. The molecule has 2 N–H and O–H groups in total. The highest BCUT2D eigenvalue weighted by Gasteiger charge is 2.60. The van der Waals surface area contributed by atoms with Crippen molar-refractivity contribution in [2.45, 2.75) is 83.8 Å². The van der Waals surface area contributed by atoms with Crippen LogP contribution in [0, 0.1) is 40.4 Å². The predicted molar refractivity (Wildman–Crippen MR) is 101 cm³/mol. The molecule has 0 aromatic heterocycles. The summed E-state index contributed by atoms with van der Waals surface area (Å²) in [6.07, 6.45) is 12.3. The van der Waals surface area contributed by atoms with Gasteiger partial charge in [-0.3, -0.25) is 0 Å². The molecule has 4 fully saturated rings. The molecule has 4 aliphatic carbocycles. The number of rotatable bonds is 2. The van der Waals surface area contributed by atoms with E-state index in [0.29, 0.717) is 11.3 Å². The first-order valence-corrected chi connectivity index (χ1v) is 10.6. The molecule has 2 nitrogen and oxygen atoms in total. The second-order valence-electron chi connectivity index (χ2n) is 10.2. The van der Waals surface area contributed by atoms with Gasteiger partial charge >= 0.3 is 0 Å². The van der Waals surface area contributed by atoms with E-state index in [4.69, 9.17) is 0 Å². The second kappa shape index (κ2) is 6.25. The molecule has 2 heteroatoms. The summed E-state index contributed by atoms with van der Waals surface area (Å²) in [6.45, 7) is 8.67. The van der Waals surface area contributed by atoms with E-state index >= 15 is 0 Å². The Balaban J connectivity index is 1.59. The summed E-state index contributed by atoms with van der Waals surface area (Å²) >= 11 is 0. The number of aliphatic hydroxyl groups excluding tert-OH is 2. The van der Waals surface area contributed by atoms with Gasteiger partial charge in [0.2, 0.25) is 0 Å². The van der Waals surface area contributed by atoms with E-state index in [1.54, 1.807) is 6.08 Å². The fourth-order valence-electron chi connectivity index (χ4n) is 8.07. The molecule has 0 bridgehead atoms. The van der Waals surface area contributed by atoms with Gasteiger partial charge in [-0.15, -0.1) is 5.73 Å². The highest BCUT2D eigenvalue weighted by molar-refractivity contribution is 5.11. The van der Waals surface area contributed by atoms with Crippen LogP contribution in [0.4, 0.5) is 0 Å². The van der Waals surface area contributed by atoms with Gasteiger partial charge in [0.05, 0.1) is 12.2 Å². The van der Waals surface area contributed by atoms with Gasteiger partial charge in [-0.1, -0.05) is 20.4 Å². The largest absolute Gasteiger partial charge is 0.393 e. The van der Waals surface area contributed by atoms with E-state index in [9.17, 15) is 10.2 Å². The van der Waals surface area contributed by atoms with Crippen LogP contribution in [-0.2, 0) is 0 Å². The van der Waals surface area contributed by atoms with Crippen molar-refractivity contribution in [2.24, 2.45) is 40.4 Å². The molecule has 9 atom stereocenters. The summed E-state index contributed by atoms with van der Waals surface area (Å²) < 4.78 is 0. The number of aliphatic hydroxyl groups is 2. The minimum atomic E-state index is -0.374. The van der Waals surface area contributed by atoms with Crippen molar-refractivity contribution in [1.82, 2.24) is 0 Å². The summed E-state index contributed by atoms with van der Waals surface area (Å²) in [6, 6.07) is 0. The molecule has 0 aromatic rings. The average molecular weight is 345 g/mol. The third-order valence-electron chi connectivity index (χ3n) is 9.41. The van der Waals surface area contributed by atoms with Crippen LogP contribution < -0.4 is 0 Å². The highest BCUT2D eigenvalue weighted by atomic mass is 16.3. The summed E-state index contributed by atoms with van der Waals surface area (Å²) in [7, 11) is 0. The van der Waals surface area contributed by atoms with Gasteiger partial charge in [0.1, 0.15) is 0 Å². The Hall–Kier alpha value is -0.560. The molecule has 0 amide bonds. The molecule has 4 rings (SSSR count). The van der Waals surface area contributed by atoms with Crippen LogP contribution in [0.25, 0.3) is 0 Å². The molecule has 0 spiro atoms. The fraction of sp³-hybridized carbons (Fsp3) is 0.870. The van der Waals surface area contributed by atoms with E-state index in [-0.39, 0.29) is 17.6 Å². The van der Waals surface area contributed by atoms with Crippen LogP contribution in [0.5, 0.6) is 0 Å². The quantitative estimate of drug-likeness (QED) is 0.712. The third-order valence-corrected chi connectivity index (χ3v) is 9.41. The predicted octanol–water partition coefficient (Wildman–Crippen LogP) is 4.71. The Bertz CT molecular complexity index is 564. The SMILES string of the molecule is C=C=CC(O)[C@@H]1CC[C@@H]2[C@@H]3CC[C@@H]4C[C@H](O)CC[C@@]4(C)[C@@H]3CC[C@]21C. The lowest BCUT2D eigenvalue weighted by Crippen LogP contribution is -2.54. The van der Waals surface area contributed by atoms with Crippen molar-refractivity contribution in [1.29, 1.82) is 0 Å². The van der Waals surface area contributed by atoms with Gasteiger partial charge in [0, 0.05) is 0 Å². The van der Waals surface area contributed by atoms with Crippen molar-refractivity contribution in [3.8, 4) is 0 Å². The molecule has 4 aliphatic rings. The van der Waals surface area contributed by atoms with Gasteiger partial charge in [-0.25, -0.2) is 0 Å². The minimum Gasteiger partial charge on any atom is -0.393 e. The van der Waals surface area contributed by atoms with Crippen LogP contribution in [0.1, 0.15) is 71.6 Å². The van der Waals surface area contributed by atoms with E-state index in [1.165, 1.54) is 38.5 Å². The molecule has 1 unspecified atom stereocenters. The van der Waals surface area contributed by atoms with Crippen LogP contribution in [0.2, 0.25) is 0 Å². The van der Waals surface area contributed by atoms with Gasteiger partial charge < -0.3 is 10.2 Å². The fourth-order valence-corrected chi connectivity index (χ4v) is 8.07.